The average molecular weight is 438 g/mol. The van der Waals surface area contributed by atoms with Gasteiger partial charge in [0.25, 0.3) is 11.8 Å². The fourth-order valence-corrected chi connectivity index (χ4v) is 4.67. The van der Waals surface area contributed by atoms with Crippen molar-refractivity contribution in [3.05, 3.63) is 46.8 Å². The average Bonchev–Trinajstić information content (AvgIpc) is 3.41. The van der Waals surface area contributed by atoms with Crippen LogP contribution in [-0.2, 0) is 11.3 Å². The minimum Gasteiger partial charge on any atom is -0.351 e. The Bertz CT molecular complexity index is 1070. The zero-order chi connectivity index (χ0) is 23.0. The summed E-state index contributed by atoms with van der Waals surface area (Å²) >= 11 is 0. The molecule has 2 aliphatic rings. The Hall–Kier alpha value is -3.16. The quantitative estimate of drug-likeness (QED) is 0.751. The number of rotatable bonds is 5. The van der Waals surface area contributed by atoms with Gasteiger partial charge in [0.1, 0.15) is 11.2 Å². The zero-order valence-electron chi connectivity index (χ0n) is 19.2. The molecule has 170 valence electrons. The maximum absolute atomic E-state index is 13.2. The molecule has 1 aliphatic carbocycles. The van der Waals surface area contributed by atoms with E-state index in [2.05, 4.69) is 15.7 Å². The molecule has 2 N–H and O–H groups in total. The van der Waals surface area contributed by atoms with Gasteiger partial charge in [0.2, 0.25) is 5.91 Å². The molecule has 8 heteroatoms. The van der Waals surface area contributed by atoms with Crippen LogP contribution in [0.4, 0.5) is 5.69 Å². The molecule has 0 radical (unpaired) electrons. The lowest BCUT2D eigenvalue weighted by Crippen LogP contribution is -2.64. The summed E-state index contributed by atoms with van der Waals surface area (Å²) in [7, 11) is 0. The van der Waals surface area contributed by atoms with Crippen LogP contribution in [0.1, 0.15) is 71.6 Å². The number of amides is 3. The first-order valence-corrected chi connectivity index (χ1v) is 11.3. The van der Waals surface area contributed by atoms with Crippen molar-refractivity contribution in [3.8, 4) is 0 Å². The summed E-state index contributed by atoms with van der Waals surface area (Å²) in [5, 5.41) is 10.4. The van der Waals surface area contributed by atoms with E-state index in [9.17, 15) is 14.4 Å². The highest BCUT2D eigenvalue weighted by Crippen LogP contribution is 2.29. The van der Waals surface area contributed by atoms with E-state index >= 15 is 0 Å². The highest BCUT2D eigenvalue weighted by Gasteiger charge is 2.48. The minimum atomic E-state index is -1.06. The van der Waals surface area contributed by atoms with Crippen molar-refractivity contribution in [1.82, 2.24) is 20.0 Å². The van der Waals surface area contributed by atoms with Gasteiger partial charge in [-0.1, -0.05) is 18.9 Å². The second-order valence-corrected chi connectivity index (χ2v) is 9.10. The smallest absolute Gasteiger partial charge is 0.276 e. The van der Waals surface area contributed by atoms with E-state index in [0.717, 1.165) is 36.8 Å². The Morgan fingerprint density at radius 2 is 1.88 bits per heavy atom. The van der Waals surface area contributed by atoms with E-state index in [4.69, 9.17) is 0 Å². The molecule has 0 spiro atoms. The first kappa shape index (κ1) is 22.0. The number of benzene rings is 1. The number of carbonyl (C=O) groups is 3. The van der Waals surface area contributed by atoms with Gasteiger partial charge in [0.05, 0.1) is 6.54 Å². The molecular formula is C24H31N5O3. The van der Waals surface area contributed by atoms with E-state index in [1.807, 2.05) is 39.0 Å². The van der Waals surface area contributed by atoms with Crippen molar-refractivity contribution in [2.75, 3.05) is 11.9 Å². The summed E-state index contributed by atoms with van der Waals surface area (Å²) in [4.78, 5) is 40.9. The summed E-state index contributed by atoms with van der Waals surface area (Å²) in [6.45, 7) is 8.22. The third kappa shape index (κ3) is 3.89. The molecule has 0 unspecified atom stereocenters. The Kier molecular flexibility index (Phi) is 5.79. The Morgan fingerprint density at radius 3 is 2.53 bits per heavy atom. The molecule has 0 saturated heterocycles. The van der Waals surface area contributed by atoms with Crippen molar-refractivity contribution in [2.45, 2.75) is 71.5 Å². The molecule has 8 nitrogen and oxygen atoms in total. The van der Waals surface area contributed by atoms with Crippen LogP contribution in [0.25, 0.3) is 0 Å². The van der Waals surface area contributed by atoms with Crippen LogP contribution < -0.4 is 10.6 Å². The monoisotopic (exact) mass is 437 g/mol. The van der Waals surface area contributed by atoms with Crippen LogP contribution in [0.5, 0.6) is 0 Å². The van der Waals surface area contributed by atoms with E-state index < -0.39 is 5.54 Å². The van der Waals surface area contributed by atoms with Crippen LogP contribution in [0.2, 0.25) is 0 Å². The second-order valence-electron chi connectivity index (χ2n) is 9.10. The third-order valence-electron chi connectivity index (χ3n) is 6.79. The van der Waals surface area contributed by atoms with Crippen molar-refractivity contribution >= 4 is 23.4 Å². The zero-order valence-corrected chi connectivity index (χ0v) is 19.2. The first-order valence-electron chi connectivity index (χ1n) is 11.3. The van der Waals surface area contributed by atoms with Gasteiger partial charge in [-0.25, -0.2) is 0 Å². The predicted octanol–water partition coefficient (Wildman–Crippen LogP) is 3.05. The topological polar surface area (TPSA) is 96.3 Å². The molecule has 1 aliphatic heterocycles. The molecule has 3 amide bonds. The van der Waals surface area contributed by atoms with E-state index in [0.29, 0.717) is 17.9 Å². The third-order valence-corrected chi connectivity index (χ3v) is 6.79. The van der Waals surface area contributed by atoms with Gasteiger partial charge in [-0.05, 0) is 63.8 Å². The van der Waals surface area contributed by atoms with E-state index in [1.165, 1.54) is 10.7 Å². The number of nitrogens with one attached hydrogen (secondary N) is 2. The first-order chi connectivity index (χ1) is 15.2. The summed E-state index contributed by atoms with van der Waals surface area (Å²) in [5.41, 5.74) is 2.30. The van der Waals surface area contributed by atoms with E-state index in [-0.39, 0.29) is 36.0 Å². The molecule has 2 heterocycles. The van der Waals surface area contributed by atoms with Gasteiger partial charge in [0, 0.05) is 24.3 Å². The summed E-state index contributed by atoms with van der Waals surface area (Å²) < 4.78 is 1.50. The fraction of sp³-hybridized carbons (Fsp3) is 0.500. The number of hydrogen-bond donors (Lipinski definition) is 2. The molecule has 1 aromatic heterocycles. The van der Waals surface area contributed by atoms with Crippen LogP contribution in [-0.4, -0.2) is 50.5 Å². The highest BCUT2D eigenvalue weighted by molar-refractivity contribution is 6.06. The largest absolute Gasteiger partial charge is 0.351 e. The van der Waals surface area contributed by atoms with Gasteiger partial charge in [-0.2, -0.15) is 5.10 Å². The second kappa shape index (κ2) is 8.41. The molecule has 1 atom stereocenters. The van der Waals surface area contributed by atoms with Crippen molar-refractivity contribution in [1.29, 1.82) is 0 Å². The highest BCUT2D eigenvalue weighted by atomic mass is 16.2. The van der Waals surface area contributed by atoms with Crippen LogP contribution in [0.15, 0.2) is 24.3 Å². The number of aromatic nitrogens is 2. The summed E-state index contributed by atoms with van der Waals surface area (Å²) in [6, 6.07) is 7.35. The molecule has 2 aromatic rings. The molecule has 4 rings (SSSR count). The maximum atomic E-state index is 13.2. The SMILES string of the molecule is CCN1C(=O)c2cc(C(=O)Nc3ccc(C)c(C)c3)nn2C[C@@]1(C)C(=O)NC1CCCC1. The van der Waals surface area contributed by atoms with Gasteiger partial charge < -0.3 is 15.5 Å². The molecule has 1 fully saturated rings. The molecule has 0 bridgehead atoms. The number of carbonyl (C=O) groups excluding carboxylic acids is 3. The van der Waals surface area contributed by atoms with Crippen LogP contribution in [0, 0.1) is 13.8 Å². The predicted molar refractivity (Wildman–Crippen MR) is 122 cm³/mol. The molecular weight excluding hydrogens is 406 g/mol. The van der Waals surface area contributed by atoms with Gasteiger partial charge in [-0.3, -0.25) is 19.1 Å². The number of fused-ring (bicyclic) bond motifs is 1. The number of nitrogens with zero attached hydrogens (tertiary/aromatic N) is 3. The maximum Gasteiger partial charge on any atom is 0.276 e. The van der Waals surface area contributed by atoms with Gasteiger partial charge in [0.15, 0.2) is 5.69 Å². The van der Waals surface area contributed by atoms with Crippen LogP contribution in [0.3, 0.4) is 0 Å². The van der Waals surface area contributed by atoms with Crippen LogP contribution >= 0.6 is 0 Å². The fourth-order valence-electron chi connectivity index (χ4n) is 4.67. The number of likely N-dealkylation sites (N-methyl/N-ethyl adjacent to an activating group) is 1. The summed E-state index contributed by atoms with van der Waals surface area (Å²) in [5.74, 6) is -0.842. The lowest BCUT2D eigenvalue weighted by atomic mass is 9.94. The Balaban J connectivity index is 1.57. The lowest BCUT2D eigenvalue weighted by Gasteiger charge is -2.43. The van der Waals surface area contributed by atoms with Crippen molar-refractivity contribution < 1.29 is 14.4 Å². The van der Waals surface area contributed by atoms with Crippen molar-refractivity contribution in [3.63, 3.8) is 0 Å². The lowest BCUT2D eigenvalue weighted by molar-refractivity contribution is -0.133. The molecule has 32 heavy (non-hydrogen) atoms. The van der Waals surface area contributed by atoms with Gasteiger partial charge in [-0.15, -0.1) is 0 Å². The minimum absolute atomic E-state index is 0.156. The van der Waals surface area contributed by atoms with Crippen molar-refractivity contribution in [2.24, 2.45) is 0 Å². The summed E-state index contributed by atoms with van der Waals surface area (Å²) in [6.07, 6.45) is 4.16. The standard InChI is InChI=1S/C24H31N5O3/c1-5-28-22(31)20-13-19(21(30)25-18-11-10-15(2)16(3)12-18)27-29(20)14-24(28,4)23(32)26-17-8-6-7-9-17/h10-13,17H,5-9,14H2,1-4H3,(H,25,30)(H,26,32)/t24-/m0/s1. The molecule has 1 saturated carbocycles. The normalized spacial score (nSPS) is 20.9. The number of aryl methyl sites for hydroxylation is 2. The Labute approximate surface area is 188 Å². The molecule has 1 aromatic carbocycles. The number of anilines is 1. The Morgan fingerprint density at radius 1 is 1.16 bits per heavy atom. The number of hydrogen-bond acceptors (Lipinski definition) is 4. The van der Waals surface area contributed by atoms with E-state index in [1.54, 1.807) is 11.8 Å². The van der Waals surface area contributed by atoms with Gasteiger partial charge >= 0.3 is 0 Å².